The fraction of sp³-hybridized carbons (Fsp3) is 0.320. The summed E-state index contributed by atoms with van der Waals surface area (Å²) >= 11 is 0. The van der Waals surface area contributed by atoms with Crippen molar-refractivity contribution >= 4 is 21.8 Å². The van der Waals surface area contributed by atoms with Gasteiger partial charge in [0.15, 0.2) is 9.84 Å². The molecule has 13 heteroatoms. The highest BCUT2D eigenvalue weighted by Gasteiger charge is 2.42. The number of piperidine rings is 1. The van der Waals surface area contributed by atoms with E-state index in [1.54, 1.807) is 17.0 Å². The molecule has 8 nitrogen and oxygen atoms in total. The number of carbonyl (C=O) groups excluding carboxylic acids is 1. The Labute approximate surface area is 216 Å². The van der Waals surface area contributed by atoms with Crippen molar-refractivity contribution in [3.8, 4) is 22.8 Å². The second-order valence-electron chi connectivity index (χ2n) is 8.75. The number of hydrogen-bond acceptors (Lipinski definition) is 8. The Bertz CT molecular complexity index is 1410. The Hall–Kier alpha value is -3.74. The van der Waals surface area contributed by atoms with Gasteiger partial charge >= 0.3 is 12.1 Å². The molecule has 202 valence electrons. The van der Waals surface area contributed by atoms with E-state index in [9.17, 15) is 30.8 Å². The number of rotatable bonds is 7. The first-order chi connectivity index (χ1) is 17.9. The summed E-state index contributed by atoms with van der Waals surface area (Å²) in [7, 11) is -3.53. The van der Waals surface area contributed by atoms with Crippen LogP contribution in [0.3, 0.4) is 0 Å². The van der Waals surface area contributed by atoms with Crippen LogP contribution in [-0.4, -0.2) is 56.5 Å². The van der Waals surface area contributed by atoms with Gasteiger partial charge in [0, 0.05) is 24.9 Å². The van der Waals surface area contributed by atoms with Crippen LogP contribution < -0.4 is 14.4 Å². The Morgan fingerprint density at radius 2 is 1.79 bits per heavy atom. The zero-order chi connectivity index (χ0) is 27.5. The maximum absolute atomic E-state index is 13.8. The number of aromatic nitrogens is 2. The Morgan fingerprint density at radius 3 is 2.42 bits per heavy atom. The molecule has 1 saturated heterocycles. The van der Waals surface area contributed by atoms with Gasteiger partial charge in [-0.1, -0.05) is 30.3 Å². The normalized spacial score (nSPS) is 14.8. The van der Waals surface area contributed by atoms with Crippen LogP contribution in [0.4, 0.5) is 23.5 Å². The van der Waals surface area contributed by atoms with Gasteiger partial charge in [-0.15, -0.1) is 0 Å². The number of anilines is 1. The molecule has 38 heavy (non-hydrogen) atoms. The van der Waals surface area contributed by atoms with E-state index in [4.69, 9.17) is 4.74 Å². The zero-order valence-electron chi connectivity index (χ0n) is 20.1. The van der Waals surface area contributed by atoms with E-state index in [1.807, 2.05) is 30.3 Å². The first-order valence-corrected chi connectivity index (χ1v) is 13.4. The van der Waals surface area contributed by atoms with Crippen LogP contribution in [0.2, 0.25) is 0 Å². The van der Waals surface area contributed by atoms with Crippen molar-refractivity contribution in [2.45, 2.75) is 23.9 Å². The molecule has 2 heterocycles. The highest BCUT2D eigenvalue weighted by molar-refractivity contribution is 7.90. The molecule has 0 spiro atoms. The minimum Gasteiger partial charge on any atom is -0.493 e. The fourth-order valence-electron chi connectivity index (χ4n) is 3.98. The third kappa shape index (κ3) is 6.57. The summed E-state index contributed by atoms with van der Waals surface area (Å²) in [4.78, 5) is 20.3. The predicted molar refractivity (Wildman–Crippen MR) is 129 cm³/mol. The van der Waals surface area contributed by atoms with Gasteiger partial charge in [0.2, 0.25) is 11.8 Å². The van der Waals surface area contributed by atoms with Crippen LogP contribution in [-0.2, 0) is 14.6 Å². The molecule has 0 radical (unpaired) electrons. The molecule has 0 aliphatic carbocycles. The number of ether oxygens (including phenoxy) is 2. The minimum atomic E-state index is -5.29. The van der Waals surface area contributed by atoms with Crippen LogP contribution in [0.5, 0.6) is 11.6 Å². The summed E-state index contributed by atoms with van der Waals surface area (Å²) in [6.45, 7) is 1.10. The smallest absolute Gasteiger partial charge is 0.491 e. The van der Waals surface area contributed by atoms with E-state index in [0.717, 1.165) is 11.8 Å². The van der Waals surface area contributed by atoms with E-state index >= 15 is 0 Å². The van der Waals surface area contributed by atoms with Gasteiger partial charge in [-0.3, -0.25) is 0 Å². The molecule has 2 aromatic carbocycles. The summed E-state index contributed by atoms with van der Waals surface area (Å²) in [6.07, 6.45) is -2.31. The number of sulfone groups is 1. The van der Waals surface area contributed by atoms with E-state index < -0.39 is 33.7 Å². The molecule has 0 amide bonds. The minimum absolute atomic E-state index is 0.0648. The summed E-state index contributed by atoms with van der Waals surface area (Å²) in [5, 5.41) is 0. The van der Waals surface area contributed by atoms with Gasteiger partial charge in [0.25, 0.3) is 5.88 Å². The molecule has 0 atom stereocenters. The van der Waals surface area contributed by atoms with Gasteiger partial charge in [-0.05, 0) is 42.5 Å². The molecular weight excluding hydrogens is 530 g/mol. The molecule has 1 aliphatic heterocycles. The highest BCUT2D eigenvalue weighted by Crippen LogP contribution is 2.32. The molecule has 1 aliphatic rings. The monoisotopic (exact) mass is 553 g/mol. The van der Waals surface area contributed by atoms with Crippen molar-refractivity contribution in [2.24, 2.45) is 5.92 Å². The highest BCUT2D eigenvalue weighted by atomic mass is 32.2. The number of carbonyl (C=O) groups is 1. The Morgan fingerprint density at radius 1 is 1.11 bits per heavy atom. The van der Waals surface area contributed by atoms with Gasteiger partial charge in [0.1, 0.15) is 5.75 Å². The van der Waals surface area contributed by atoms with Crippen molar-refractivity contribution < 1.29 is 40.2 Å². The SMILES string of the molecule is CS(=O)(=O)c1cc(OCC2CCN(c3ncc(F)c(OC(=O)C(F)(F)F)n3)CC2)ccc1-c1ccccc1. The number of esters is 1. The molecule has 0 bridgehead atoms. The predicted octanol–water partition coefficient (Wildman–Crippen LogP) is 4.45. The molecule has 1 fully saturated rings. The van der Waals surface area contributed by atoms with Crippen LogP contribution in [0.25, 0.3) is 11.1 Å². The number of alkyl halides is 3. The van der Waals surface area contributed by atoms with E-state index in [1.165, 1.54) is 6.07 Å². The molecule has 3 aromatic rings. The number of hydrogen-bond donors (Lipinski definition) is 0. The quantitative estimate of drug-likeness (QED) is 0.313. The summed E-state index contributed by atoms with van der Waals surface area (Å²) < 4.78 is 85.9. The number of nitrogens with zero attached hydrogens (tertiary/aromatic N) is 3. The van der Waals surface area contributed by atoms with Crippen LogP contribution >= 0.6 is 0 Å². The fourth-order valence-corrected chi connectivity index (χ4v) is 4.90. The second-order valence-corrected chi connectivity index (χ2v) is 10.7. The first kappa shape index (κ1) is 27.3. The standard InChI is InChI=1S/C25H23F4N3O5S/c1-38(34,35)21-13-18(7-8-19(21)17-5-3-2-4-6-17)36-15-16-9-11-32(12-10-16)24-30-14-20(26)22(31-24)37-23(33)25(27,28)29/h2-8,13-14,16H,9-12,15H2,1H3. The lowest BCUT2D eigenvalue weighted by Crippen LogP contribution is -2.37. The van der Waals surface area contributed by atoms with Gasteiger partial charge in [-0.25, -0.2) is 18.2 Å². The Balaban J connectivity index is 1.38. The van der Waals surface area contributed by atoms with Gasteiger partial charge < -0.3 is 14.4 Å². The lowest BCUT2D eigenvalue weighted by Gasteiger charge is -2.32. The Kier molecular flexibility index (Phi) is 7.86. The second kappa shape index (κ2) is 10.9. The van der Waals surface area contributed by atoms with E-state index in [0.29, 0.717) is 50.0 Å². The molecule has 4 rings (SSSR count). The van der Waals surface area contributed by atoms with Crippen molar-refractivity contribution in [2.75, 3.05) is 30.9 Å². The average Bonchev–Trinajstić information content (AvgIpc) is 2.88. The van der Waals surface area contributed by atoms with Crippen LogP contribution in [0.1, 0.15) is 12.8 Å². The average molecular weight is 554 g/mol. The van der Waals surface area contributed by atoms with Crippen molar-refractivity contribution in [3.05, 3.63) is 60.5 Å². The molecule has 0 N–H and O–H groups in total. The number of halogens is 4. The van der Waals surface area contributed by atoms with Crippen LogP contribution in [0.15, 0.2) is 59.6 Å². The lowest BCUT2D eigenvalue weighted by atomic mass is 9.98. The van der Waals surface area contributed by atoms with Crippen LogP contribution in [0, 0.1) is 11.7 Å². The van der Waals surface area contributed by atoms with Gasteiger partial charge in [-0.2, -0.15) is 22.5 Å². The lowest BCUT2D eigenvalue weighted by molar-refractivity contribution is -0.190. The van der Waals surface area contributed by atoms with Crippen molar-refractivity contribution in [1.82, 2.24) is 9.97 Å². The maximum atomic E-state index is 13.8. The third-order valence-electron chi connectivity index (χ3n) is 5.94. The topological polar surface area (TPSA) is 98.7 Å². The molecular formula is C25H23F4N3O5S. The largest absolute Gasteiger partial charge is 0.493 e. The van der Waals surface area contributed by atoms with Crippen molar-refractivity contribution in [1.29, 1.82) is 0 Å². The summed E-state index contributed by atoms with van der Waals surface area (Å²) in [5.41, 5.74) is 1.35. The number of benzene rings is 2. The third-order valence-corrected chi connectivity index (χ3v) is 7.08. The van der Waals surface area contributed by atoms with Crippen molar-refractivity contribution in [3.63, 3.8) is 0 Å². The first-order valence-electron chi connectivity index (χ1n) is 11.5. The maximum Gasteiger partial charge on any atom is 0.491 e. The zero-order valence-corrected chi connectivity index (χ0v) is 20.9. The summed E-state index contributed by atoms with van der Waals surface area (Å²) in [6, 6.07) is 14.1. The molecule has 1 aromatic heterocycles. The summed E-state index contributed by atoms with van der Waals surface area (Å²) in [5.74, 6) is -4.53. The van der Waals surface area contributed by atoms with E-state index in [-0.39, 0.29) is 16.8 Å². The van der Waals surface area contributed by atoms with Gasteiger partial charge in [0.05, 0.1) is 17.7 Å². The molecule has 0 unspecified atom stereocenters. The van der Waals surface area contributed by atoms with E-state index in [2.05, 4.69) is 14.7 Å². The molecule has 0 saturated carbocycles.